The van der Waals surface area contributed by atoms with Gasteiger partial charge in [0.2, 0.25) is 0 Å². The highest BCUT2D eigenvalue weighted by atomic mass is 16.6. The van der Waals surface area contributed by atoms with Crippen molar-refractivity contribution in [2.24, 2.45) is 0 Å². The number of benzene rings is 2. The molecule has 0 spiro atoms. The number of fused-ring (bicyclic) bond motifs is 1. The van der Waals surface area contributed by atoms with E-state index in [9.17, 15) is 9.90 Å². The minimum Gasteiger partial charge on any atom is -0.496 e. The Hall–Kier alpha value is -2.11. The van der Waals surface area contributed by atoms with Gasteiger partial charge in [-0.25, -0.2) is 4.79 Å². The molecule has 2 N–H and O–H groups in total. The molecule has 1 unspecified atom stereocenters. The van der Waals surface area contributed by atoms with E-state index in [2.05, 4.69) is 5.32 Å². The smallest absolute Gasteiger partial charge is 0.339 e. The third-order valence-corrected chi connectivity index (χ3v) is 3.83. The number of aliphatic hydroxyl groups is 1. The standard InChI is InChI=1S/C20H27NO4/c1-19(2,3)25-18(22)20(4,23)13-21-12-16-15-9-7-6-8-14(15)10-11-17(16)24-5/h6-11,21,23H,12-13H2,1-5H3. The molecule has 0 saturated carbocycles. The lowest BCUT2D eigenvalue weighted by atomic mass is 10.0. The van der Waals surface area contributed by atoms with Crippen LogP contribution in [-0.4, -0.2) is 35.9 Å². The van der Waals surface area contributed by atoms with Crippen LogP contribution in [0.1, 0.15) is 33.3 Å². The zero-order valence-corrected chi connectivity index (χ0v) is 15.6. The second kappa shape index (κ2) is 7.42. The Bertz CT molecular complexity index is 747. The van der Waals surface area contributed by atoms with Gasteiger partial charge < -0.3 is 19.9 Å². The van der Waals surface area contributed by atoms with Crippen molar-refractivity contribution in [2.45, 2.75) is 45.4 Å². The van der Waals surface area contributed by atoms with Crippen molar-refractivity contribution in [2.75, 3.05) is 13.7 Å². The van der Waals surface area contributed by atoms with Crippen molar-refractivity contribution in [1.82, 2.24) is 5.32 Å². The summed E-state index contributed by atoms with van der Waals surface area (Å²) in [6, 6.07) is 12.0. The molecule has 0 aliphatic rings. The average molecular weight is 345 g/mol. The molecule has 25 heavy (non-hydrogen) atoms. The van der Waals surface area contributed by atoms with Crippen molar-refractivity contribution in [3.8, 4) is 5.75 Å². The molecule has 0 aliphatic heterocycles. The number of ether oxygens (including phenoxy) is 2. The van der Waals surface area contributed by atoms with Gasteiger partial charge in [-0.1, -0.05) is 30.3 Å². The Morgan fingerprint density at radius 3 is 2.44 bits per heavy atom. The van der Waals surface area contributed by atoms with Gasteiger partial charge in [-0.15, -0.1) is 0 Å². The Morgan fingerprint density at radius 2 is 1.80 bits per heavy atom. The maximum atomic E-state index is 12.1. The highest BCUT2D eigenvalue weighted by Gasteiger charge is 2.34. The van der Waals surface area contributed by atoms with Crippen molar-refractivity contribution in [3.63, 3.8) is 0 Å². The Labute approximate surface area is 148 Å². The monoisotopic (exact) mass is 345 g/mol. The summed E-state index contributed by atoms with van der Waals surface area (Å²) in [6.45, 7) is 7.31. The summed E-state index contributed by atoms with van der Waals surface area (Å²) in [5, 5.41) is 15.7. The summed E-state index contributed by atoms with van der Waals surface area (Å²) in [7, 11) is 1.63. The highest BCUT2D eigenvalue weighted by molar-refractivity contribution is 5.87. The number of hydrogen-bond donors (Lipinski definition) is 2. The van der Waals surface area contributed by atoms with E-state index >= 15 is 0 Å². The predicted molar refractivity (Wildman–Crippen MR) is 98.7 cm³/mol. The molecule has 2 aromatic rings. The first-order chi connectivity index (χ1) is 11.6. The van der Waals surface area contributed by atoms with E-state index in [4.69, 9.17) is 9.47 Å². The van der Waals surface area contributed by atoms with Crippen LogP contribution in [0.15, 0.2) is 36.4 Å². The fourth-order valence-electron chi connectivity index (χ4n) is 2.58. The lowest BCUT2D eigenvalue weighted by Crippen LogP contribution is -2.48. The van der Waals surface area contributed by atoms with Crippen LogP contribution >= 0.6 is 0 Å². The molecule has 1 atom stereocenters. The van der Waals surface area contributed by atoms with Gasteiger partial charge >= 0.3 is 5.97 Å². The predicted octanol–water partition coefficient (Wildman–Crippen LogP) is 3.03. The number of nitrogens with one attached hydrogen (secondary N) is 1. The molecule has 0 aromatic heterocycles. The Morgan fingerprint density at radius 1 is 1.12 bits per heavy atom. The zero-order chi connectivity index (χ0) is 18.7. The number of esters is 1. The molecular formula is C20H27NO4. The van der Waals surface area contributed by atoms with Crippen LogP contribution in [0.2, 0.25) is 0 Å². The van der Waals surface area contributed by atoms with E-state index in [0.29, 0.717) is 6.54 Å². The number of carbonyl (C=O) groups is 1. The summed E-state index contributed by atoms with van der Waals surface area (Å²) < 4.78 is 10.7. The minimum atomic E-state index is -1.61. The van der Waals surface area contributed by atoms with Crippen LogP contribution in [-0.2, 0) is 16.1 Å². The molecule has 2 rings (SSSR count). The summed E-state index contributed by atoms with van der Waals surface area (Å²) >= 11 is 0. The van der Waals surface area contributed by atoms with Gasteiger partial charge in [0, 0.05) is 18.7 Å². The van der Waals surface area contributed by atoms with Crippen molar-refractivity contribution < 1.29 is 19.4 Å². The number of rotatable bonds is 6. The van der Waals surface area contributed by atoms with E-state index in [0.717, 1.165) is 22.1 Å². The Balaban J connectivity index is 2.11. The molecule has 0 amide bonds. The van der Waals surface area contributed by atoms with E-state index in [1.807, 2.05) is 36.4 Å². The normalized spacial score (nSPS) is 14.2. The van der Waals surface area contributed by atoms with Crippen LogP contribution in [0.3, 0.4) is 0 Å². The molecule has 5 heteroatoms. The summed E-state index contributed by atoms with van der Waals surface area (Å²) in [5.74, 6) is 0.125. The van der Waals surface area contributed by atoms with Crippen LogP contribution in [0.25, 0.3) is 10.8 Å². The van der Waals surface area contributed by atoms with E-state index in [1.54, 1.807) is 27.9 Å². The first kappa shape index (κ1) is 19.2. The first-order valence-corrected chi connectivity index (χ1v) is 8.35. The summed E-state index contributed by atoms with van der Waals surface area (Å²) in [5.41, 5.74) is -1.26. The van der Waals surface area contributed by atoms with Crippen molar-refractivity contribution in [1.29, 1.82) is 0 Å². The third-order valence-electron chi connectivity index (χ3n) is 3.83. The number of methoxy groups -OCH3 is 1. The van der Waals surface area contributed by atoms with Gasteiger partial charge in [-0.3, -0.25) is 0 Å². The molecule has 0 radical (unpaired) electrons. The first-order valence-electron chi connectivity index (χ1n) is 8.35. The zero-order valence-electron chi connectivity index (χ0n) is 15.6. The SMILES string of the molecule is COc1ccc2ccccc2c1CNCC(C)(O)C(=O)OC(C)(C)C. The fourth-order valence-corrected chi connectivity index (χ4v) is 2.58. The molecule has 0 fully saturated rings. The van der Waals surface area contributed by atoms with E-state index in [1.165, 1.54) is 6.92 Å². The van der Waals surface area contributed by atoms with Crippen LogP contribution in [0.4, 0.5) is 0 Å². The summed E-state index contributed by atoms with van der Waals surface area (Å²) in [6.07, 6.45) is 0. The molecule has 2 aromatic carbocycles. The third kappa shape index (κ3) is 4.94. The maximum absolute atomic E-state index is 12.1. The molecule has 136 valence electrons. The van der Waals surface area contributed by atoms with Gasteiger partial charge in [0.15, 0.2) is 5.60 Å². The summed E-state index contributed by atoms with van der Waals surface area (Å²) in [4.78, 5) is 12.1. The maximum Gasteiger partial charge on any atom is 0.339 e. The van der Waals surface area contributed by atoms with Crippen molar-refractivity contribution in [3.05, 3.63) is 42.0 Å². The molecule has 0 aliphatic carbocycles. The molecule has 0 saturated heterocycles. The molecular weight excluding hydrogens is 318 g/mol. The minimum absolute atomic E-state index is 0.0777. The van der Waals surface area contributed by atoms with Crippen molar-refractivity contribution >= 4 is 16.7 Å². The Kier molecular flexibility index (Phi) is 5.70. The number of carbonyl (C=O) groups excluding carboxylic acids is 1. The topological polar surface area (TPSA) is 67.8 Å². The van der Waals surface area contributed by atoms with Crippen LogP contribution < -0.4 is 10.1 Å². The van der Waals surface area contributed by atoms with Gasteiger partial charge in [0.1, 0.15) is 11.4 Å². The quantitative estimate of drug-likeness (QED) is 0.788. The fraction of sp³-hybridized carbons (Fsp3) is 0.450. The second-order valence-electron chi connectivity index (χ2n) is 7.35. The largest absolute Gasteiger partial charge is 0.496 e. The average Bonchev–Trinajstić information content (AvgIpc) is 2.53. The van der Waals surface area contributed by atoms with Crippen LogP contribution in [0, 0.1) is 0 Å². The van der Waals surface area contributed by atoms with Gasteiger partial charge in [0.25, 0.3) is 0 Å². The van der Waals surface area contributed by atoms with Gasteiger partial charge in [0.05, 0.1) is 7.11 Å². The van der Waals surface area contributed by atoms with E-state index in [-0.39, 0.29) is 6.54 Å². The molecule has 5 nitrogen and oxygen atoms in total. The van der Waals surface area contributed by atoms with E-state index < -0.39 is 17.2 Å². The lowest BCUT2D eigenvalue weighted by Gasteiger charge is -2.27. The lowest BCUT2D eigenvalue weighted by molar-refractivity contribution is -0.174. The highest BCUT2D eigenvalue weighted by Crippen LogP contribution is 2.28. The molecule has 0 heterocycles. The van der Waals surface area contributed by atoms with Gasteiger partial charge in [-0.05, 0) is 44.5 Å². The second-order valence-corrected chi connectivity index (χ2v) is 7.35. The number of hydrogen-bond acceptors (Lipinski definition) is 5. The molecule has 0 bridgehead atoms. The van der Waals surface area contributed by atoms with Gasteiger partial charge in [-0.2, -0.15) is 0 Å². The van der Waals surface area contributed by atoms with Crippen LogP contribution in [0.5, 0.6) is 5.75 Å².